The van der Waals surface area contributed by atoms with Gasteiger partial charge in [0.05, 0.1) is 11.9 Å². The molecule has 0 spiro atoms. The molecule has 3 fully saturated rings. The summed E-state index contributed by atoms with van der Waals surface area (Å²) in [4.78, 5) is 39.6. The third-order valence-corrected chi connectivity index (χ3v) is 8.11. The zero-order chi connectivity index (χ0) is 28.3. The van der Waals surface area contributed by atoms with Gasteiger partial charge in [-0.1, -0.05) is 26.2 Å². The lowest BCUT2D eigenvalue weighted by Gasteiger charge is -2.29. The number of halogens is 3. The van der Waals surface area contributed by atoms with Crippen LogP contribution in [0.15, 0.2) is 22.7 Å². The van der Waals surface area contributed by atoms with Gasteiger partial charge in [0.15, 0.2) is 5.69 Å². The SMILES string of the molecule is CC1CCCN(c2nc(C(F)(F)F)c(C(=O)Nc3ccc(N4CCCN(C(=O)C5CCCCC5)CC4)nc3)o2)C1. The van der Waals surface area contributed by atoms with Crippen LogP contribution in [0.1, 0.15) is 74.5 Å². The number of carbonyl (C=O) groups excluding carboxylic acids is 2. The molecule has 0 aromatic carbocycles. The zero-order valence-corrected chi connectivity index (χ0v) is 22.9. The van der Waals surface area contributed by atoms with Crippen LogP contribution >= 0.6 is 0 Å². The third kappa shape index (κ3) is 6.52. The molecule has 1 unspecified atom stereocenters. The van der Waals surface area contributed by atoms with Crippen LogP contribution in [-0.2, 0) is 11.0 Å². The van der Waals surface area contributed by atoms with Crippen molar-refractivity contribution in [1.82, 2.24) is 14.9 Å². The summed E-state index contributed by atoms with van der Waals surface area (Å²) >= 11 is 0. The van der Waals surface area contributed by atoms with Crippen LogP contribution in [-0.4, -0.2) is 66.0 Å². The van der Waals surface area contributed by atoms with Crippen LogP contribution in [0.25, 0.3) is 0 Å². The second-order valence-electron chi connectivity index (χ2n) is 11.2. The lowest BCUT2D eigenvalue weighted by molar-refractivity contribution is -0.141. The molecular weight excluding hydrogens is 525 g/mol. The summed E-state index contributed by atoms with van der Waals surface area (Å²) in [5.41, 5.74) is -1.09. The first-order valence-corrected chi connectivity index (χ1v) is 14.3. The predicted molar refractivity (Wildman–Crippen MR) is 144 cm³/mol. The Kier molecular flexibility index (Phi) is 8.51. The van der Waals surface area contributed by atoms with Crippen molar-refractivity contribution < 1.29 is 27.2 Å². The van der Waals surface area contributed by atoms with E-state index in [4.69, 9.17) is 4.42 Å². The van der Waals surface area contributed by atoms with E-state index in [0.29, 0.717) is 37.9 Å². The number of piperidine rings is 1. The molecule has 2 aliphatic heterocycles. The molecule has 2 saturated heterocycles. The number of nitrogens with one attached hydrogen (secondary N) is 1. The van der Waals surface area contributed by atoms with E-state index in [9.17, 15) is 22.8 Å². The quantitative estimate of drug-likeness (QED) is 0.536. The molecule has 12 heteroatoms. The fourth-order valence-electron chi connectivity index (χ4n) is 5.96. The van der Waals surface area contributed by atoms with Crippen LogP contribution in [0, 0.1) is 11.8 Å². The van der Waals surface area contributed by atoms with Crippen LogP contribution < -0.4 is 15.1 Å². The molecule has 1 atom stereocenters. The van der Waals surface area contributed by atoms with Crippen molar-refractivity contribution in [2.24, 2.45) is 11.8 Å². The minimum Gasteiger partial charge on any atom is -0.417 e. The molecule has 3 aliphatic rings. The Morgan fingerprint density at radius 3 is 2.42 bits per heavy atom. The second-order valence-corrected chi connectivity index (χ2v) is 11.2. The highest BCUT2D eigenvalue weighted by Crippen LogP contribution is 2.35. The first-order valence-electron chi connectivity index (χ1n) is 14.3. The van der Waals surface area contributed by atoms with Crippen molar-refractivity contribution in [2.45, 2.75) is 64.5 Å². The number of anilines is 3. The van der Waals surface area contributed by atoms with E-state index in [1.54, 1.807) is 17.0 Å². The summed E-state index contributed by atoms with van der Waals surface area (Å²) in [6.45, 7) is 5.78. The van der Waals surface area contributed by atoms with E-state index in [1.807, 2.05) is 11.8 Å². The maximum atomic E-state index is 13.7. The predicted octanol–water partition coefficient (Wildman–Crippen LogP) is 5.20. The first kappa shape index (κ1) is 28.2. The molecule has 0 radical (unpaired) electrons. The average molecular weight is 563 g/mol. The molecule has 1 N–H and O–H groups in total. The first-order chi connectivity index (χ1) is 19.2. The normalized spacial score (nSPS) is 21.3. The van der Waals surface area contributed by atoms with Gasteiger partial charge >= 0.3 is 6.18 Å². The Balaban J connectivity index is 1.22. The molecule has 2 aromatic heterocycles. The third-order valence-electron chi connectivity index (χ3n) is 8.11. The number of oxazole rings is 1. The number of amides is 2. The van der Waals surface area contributed by atoms with Gasteiger partial charge in [-0.3, -0.25) is 9.59 Å². The van der Waals surface area contributed by atoms with Crippen LogP contribution in [0.3, 0.4) is 0 Å². The van der Waals surface area contributed by atoms with Gasteiger partial charge in [-0.25, -0.2) is 4.98 Å². The van der Waals surface area contributed by atoms with E-state index in [-0.39, 0.29) is 23.5 Å². The largest absolute Gasteiger partial charge is 0.437 e. The maximum Gasteiger partial charge on any atom is 0.437 e. The van der Waals surface area contributed by atoms with Crippen molar-refractivity contribution in [1.29, 1.82) is 0 Å². The Labute approximate surface area is 232 Å². The fraction of sp³-hybridized carbons (Fsp3) is 0.643. The Morgan fingerprint density at radius 1 is 0.950 bits per heavy atom. The second kappa shape index (κ2) is 12.1. The van der Waals surface area contributed by atoms with Crippen molar-refractivity contribution in [3.8, 4) is 0 Å². The summed E-state index contributed by atoms with van der Waals surface area (Å²) in [6.07, 6.45) is 4.60. The van der Waals surface area contributed by atoms with Gasteiger partial charge in [0.1, 0.15) is 5.82 Å². The number of rotatable bonds is 5. The molecule has 4 heterocycles. The molecule has 2 aromatic rings. The van der Waals surface area contributed by atoms with E-state index >= 15 is 0 Å². The monoisotopic (exact) mass is 562 g/mol. The molecule has 5 rings (SSSR count). The van der Waals surface area contributed by atoms with E-state index in [2.05, 4.69) is 20.2 Å². The lowest BCUT2D eigenvalue weighted by Crippen LogP contribution is -2.39. The highest BCUT2D eigenvalue weighted by atomic mass is 19.4. The van der Waals surface area contributed by atoms with Gasteiger partial charge in [0.2, 0.25) is 11.7 Å². The summed E-state index contributed by atoms with van der Waals surface area (Å²) in [5.74, 6) is -0.514. The van der Waals surface area contributed by atoms with Crippen molar-refractivity contribution in [3.63, 3.8) is 0 Å². The number of hydrogen-bond acceptors (Lipinski definition) is 7. The molecule has 218 valence electrons. The molecule has 40 heavy (non-hydrogen) atoms. The Bertz CT molecular complexity index is 1180. The fourth-order valence-corrected chi connectivity index (χ4v) is 5.96. The number of aromatic nitrogens is 2. The summed E-state index contributed by atoms with van der Waals surface area (Å²) < 4.78 is 46.5. The number of hydrogen-bond donors (Lipinski definition) is 1. The highest BCUT2D eigenvalue weighted by molar-refractivity contribution is 6.03. The van der Waals surface area contributed by atoms with Crippen LogP contribution in [0.4, 0.5) is 30.7 Å². The van der Waals surface area contributed by atoms with Gasteiger partial charge < -0.3 is 24.4 Å². The lowest BCUT2D eigenvalue weighted by atomic mass is 9.88. The van der Waals surface area contributed by atoms with E-state index in [0.717, 1.165) is 58.0 Å². The number of nitrogens with zero attached hydrogens (tertiary/aromatic N) is 5. The van der Waals surface area contributed by atoms with E-state index in [1.165, 1.54) is 12.6 Å². The number of alkyl halides is 3. The Hall–Kier alpha value is -3.31. The summed E-state index contributed by atoms with van der Waals surface area (Å²) in [6, 6.07) is 3.14. The van der Waals surface area contributed by atoms with Gasteiger partial charge in [0.25, 0.3) is 11.9 Å². The molecule has 1 aliphatic carbocycles. The zero-order valence-electron chi connectivity index (χ0n) is 22.9. The number of carbonyl (C=O) groups is 2. The van der Waals surface area contributed by atoms with Gasteiger partial charge in [-0.2, -0.15) is 18.2 Å². The van der Waals surface area contributed by atoms with Gasteiger partial charge in [-0.05, 0) is 50.2 Å². The molecule has 9 nitrogen and oxygen atoms in total. The highest BCUT2D eigenvalue weighted by Gasteiger charge is 2.42. The summed E-state index contributed by atoms with van der Waals surface area (Å²) in [5, 5.41) is 2.47. The molecule has 0 bridgehead atoms. The minimum atomic E-state index is -4.84. The topological polar surface area (TPSA) is 94.8 Å². The minimum absolute atomic E-state index is 0.142. The van der Waals surface area contributed by atoms with Gasteiger partial charge in [0, 0.05) is 45.2 Å². The van der Waals surface area contributed by atoms with Crippen LogP contribution in [0.2, 0.25) is 0 Å². The number of pyridine rings is 1. The average Bonchev–Trinajstić information content (AvgIpc) is 3.27. The van der Waals surface area contributed by atoms with Crippen molar-refractivity contribution in [2.75, 3.05) is 54.4 Å². The van der Waals surface area contributed by atoms with Crippen LogP contribution in [0.5, 0.6) is 0 Å². The van der Waals surface area contributed by atoms with Gasteiger partial charge in [-0.15, -0.1) is 0 Å². The summed E-state index contributed by atoms with van der Waals surface area (Å²) in [7, 11) is 0. The molecule has 1 saturated carbocycles. The smallest absolute Gasteiger partial charge is 0.417 e. The Morgan fingerprint density at radius 2 is 1.73 bits per heavy atom. The molecular formula is C28H37F3N6O3. The maximum absolute atomic E-state index is 13.7. The van der Waals surface area contributed by atoms with Crippen molar-refractivity contribution >= 4 is 29.3 Å². The standard InChI is InChI=1S/C28H37F3N6O3/c1-19-7-5-12-37(18-19)27-34-24(28(29,30)31)23(40-27)25(38)33-21-10-11-22(32-17-21)35-13-6-14-36(16-15-35)26(39)20-8-3-2-4-9-20/h10-11,17,19-20H,2-9,12-16,18H2,1H3,(H,33,38). The van der Waals surface area contributed by atoms with E-state index < -0.39 is 23.5 Å². The van der Waals surface area contributed by atoms with Crippen molar-refractivity contribution in [3.05, 3.63) is 29.8 Å². The molecule has 2 amide bonds.